The standard InChI is InChI=1S/C38H63N2O7/c41-35(27-37-21-29-15-30(22-37)17-31(16-29)23-37)40(36(42)28-38-24-32-18-33(25-38)20-34(19-32)26-38)3-7-45-11-9-43-5-1-39-2-6-44-10-13-47-14-12-46-8-4-40/h29-34,39H,1-28H2/q+1. The second-order valence-electron chi connectivity index (χ2n) is 17.2. The lowest BCUT2D eigenvalue weighted by molar-refractivity contribution is -0.782. The maximum Gasteiger partial charge on any atom is 0.321 e. The number of amides is 2. The van der Waals surface area contributed by atoms with Crippen molar-refractivity contribution in [3.8, 4) is 0 Å². The van der Waals surface area contributed by atoms with Gasteiger partial charge in [0.2, 0.25) is 0 Å². The van der Waals surface area contributed by atoms with Crippen LogP contribution >= 0.6 is 0 Å². The topological polar surface area (TPSA) is 92.3 Å². The summed E-state index contributed by atoms with van der Waals surface area (Å²) in [5, 5.41) is 3.33. The summed E-state index contributed by atoms with van der Waals surface area (Å²) in [6.45, 7) is 7.27. The lowest BCUT2D eigenvalue weighted by Crippen LogP contribution is -2.63. The molecule has 9 heteroatoms. The van der Waals surface area contributed by atoms with E-state index in [2.05, 4.69) is 5.32 Å². The van der Waals surface area contributed by atoms with E-state index in [9.17, 15) is 0 Å². The van der Waals surface area contributed by atoms with Crippen molar-refractivity contribution < 1.29 is 37.8 Å². The van der Waals surface area contributed by atoms with Crippen molar-refractivity contribution in [1.29, 1.82) is 0 Å². The van der Waals surface area contributed by atoms with Crippen molar-refractivity contribution in [3.63, 3.8) is 0 Å². The highest BCUT2D eigenvalue weighted by Crippen LogP contribution is 2.63. The molecule has 0 spiro atoms. The zero-order valence-corrected chi connectivity index (χ0v) is 29.1. The Kier molecular flexibility index (Phi) is 11.4. The molecule has 0 aromatic heterocycles. The number of carbonyl (C=O) groups excluding carboxylic acids is 2. The third-order valence-corrected chi connectivity index (χ3v) is 13.5. The van der Waals surface area contributed by atoms with E-state index in [1.807, 2.05) is 0 Å². The van der Waals surface area contributed by atoms with Crippen molar-refractivity contribution in [2.45, 2.75) is 89.9 Å². The van der Waals surface area contributed by atoms with E-state index in [4.69, 9.17) is 23.7 Å². The molecule has 266 valence electrons. The highest BCUT2D eigenvalue weighted by atomic mass is 16.5. The number of carbonyl (C=O) groups is 2. The molecule has 47 heavy (non-hydrogen) atoms. The third kappa shape index (κ3) is 8.34. The van der Waals surface area contributed by atoms with Gasteiger partial charge in [-0.05, 0) is 123 Å². The van der Waals surface area contributed by atoms with E-state index < -0.39 is 0 Å². The quantitative estimate of drug-likeness (QED) is 0.433. The number of rotatable bonds is 4. The van der Waals surface area contributed by atoms with Crippen LogP contribution in [0.3, 0.4) is 0 Å². The normalized spacial score (nSPS) is 43.7. The summed E-state index contributed by atoms with van der Waals surface area (Å²) in [6, 6.07) is 0. The summed E-state index contributed by atoms with van der Waals surface area (Å²) < 4.78 is 29.3. The Labute approximate surface area is 283 Å². The zero-order chi connectivity index (χ0) is 32.2. The number of imide groups is 1. The number of nitrogens with one attached hydrogen (secondary N) is 1. The van der Waals surface area contributed by atoms with Crippen LogP contribution in [-0.4, -0.2) is 109 Å². The van der Waals surface area contributed by atoms with Crippen LogP contribution in [0, 0.1) is 46.3 Å². The van der Waals surface area contributed by atoms with Gasteiger partial charge in [0.1, 0.15) is 13.1 Å². The van der Waals surface area contributed by atoms with E-state index in [0.29, 0.717) is 92.0 Å². The van der Waals surface area contributed by atoms with Gasteiger partial charge >= 0.3 is 11.8 Å². The maximum atomic E-state index is 15.0. The van der Waals surface area contributed by atoms with Gasteiger partial charge in [-0.1, -0.05) is 0 Å². The number of quaternary nitrogens is 1. The second kappa shape index (κ2) is 15.5. The molecule has 0 unspecified atom stereocenters. The highest BCUT2D eigenvalue weighted by molar-refractivity contribution is 5.85. The van der Waals surface area contributed by atoms with Crippen molar-refractivity contribution in [1.82, 2.24) is 5.32 Å². The van der Waals surface area contributed by atoms with E-state index in [1.54, 1.807) is 0 Å². The fourth-order valence-electron chi connectivity index (χ4n) is 12.4. The van der Waals surface area contributed by atoms with Gasteiger partial charge in [-0.15, -0.1) is 0 Å². The smallest absolute Gasteiger partial charge is 0.321 e. The monoisotopic (exact) mass is 659 g/mol. The van der Waals surface area contributed by atoms with Crippen molar-refractivity contribution >= 4 is 11.8 Å². The van der Waals surface area contributed by atoms with Crippen molar-refractivity contribution in [2.75, 3.05) is 92.2 Å². The van der Waals surface area contributed by atoms with Crippen LogP contribution in [0.15, 0.2) is 0 Å². The summed E-state index contributed by atoms with van der Waals surface area (Å²) in [5.74, 6) is 4.93. The molecule has 0 aromatic carbocycles. The Bertz CT molecular complexity index is 912. The predicted molar refractivity (Wildman–Crippen MR) is 177 cm³/mol. The van der Waals surface area contributed by atoms with Gasteiger partial charge < -0.3 is 29.0 Å². The van der Waals surface area contributed by atoms with Crippen molar-refractivity contribution in [2.24, 2.45) is 46.3 Å². The first kappa shape index (κ1) is 34.5. The van der Waals surface area contributed by atoms with Gasteiger partial charge in [-0.2, -0.15) is 4.48 Å². The Morgan fingerprint density at radius 3 is 1.11 bits per heavy atom. The number of ether oxygens (including phenoxy) is 5. The van der Waals surface area contributed by atoms with Crippen molar-refractivity contribution in [3.05, 3.63) is 0 Å². The highest BCUT2D eigenvalue weighted by Gasteiger charge is 2.58. The van der Waals surface area contributed by atoms with E-state index >= 15 is 9.59 Å². The summed E-state index contributed by atoms with van der Waals surface area (Å²) >= 11 is 0. The molecule has 9 aliphatic rings. The molecule has 0 atom stereocenters. The molecule has 1 heterocycles. The molecule has 0 aromatic rings. The summed E-state index contributed by atoms with van der Waals surface area (Å²) in [5.41, 5.74) is 0.166. The largest absolute Gasteiger partial charge is 0.378 e. The molecular weight excluding hydrogens is 596 g/mol. The summed E-state index contributed by atoms with van der Waals surface area (Å²) in [6.07, 6.45) is 16.3. The number of hydrogen-bond donors (Lipinski definition) is 1. The molecule has 8 aliphatic carbocycles. The van der Waals surface area contributed by atoms with Gasteiger partial charge in [0.15, 0.2) is 0 Å². The van der Waals surface area contributed by atoms with Crippen LogP contribution in [0.5, 0.6) is 0 Å². The minimum atomic E-state index is -0.108. The lowest BCUT2D eigenvalue weighted by Gasteiger charge is -2.57. The summed E-state index contributed by atoms with van der Waals surface area (Å²) in [7, 11) is 0. The average molecular weight is 660 g/mol. The number of hydrogen-bond acceptors (Lipinski definition) is 8. The van der Waals surface area contributed by atoms with E-state index in [-0.39, 0.29) is 27.1 Å². The summed E-state index contributed by atoms with van der Waals surface area (Å²) in [4.78, 5) is 30.1. The van der Waals surface area contributed by atoms with Crippen LogP contribution < -0.4 is 5.32 Å². The first-order valence-corrected chi connectivity index (χ1v) is 19.5. The second-order valence-corrected chi connectivity index (χ2v) is 17.2. The Morgan fingerprint density at radius 1 is 0.468 bits per heavy atom. The maximum absolute atomic E-state index is 15.0. The lowest BCUT2D eigenvalue weighted by atomic mass is 9.48. The van der Waals surface area contributed by atoms with Crippen LogP contribution in [-0.2, 0) is 33.3 Å². The molecule has 1 aliphatic heterocycles. The molecule has 9 rings (SSSR count). The van der Waals surface area contributed by atoms with Gasteiger partial charge in [-0.25, -0.2) is 9.59 Å². The zero-order valence-electron chi connectivity index (χ0n) is 29.1. The fourth-order valence-corrected chi connectivity index (χ4v) is 12.4. The molecule has 9 nitrogen and oxygen atoms in total. The Morgan fingerprint density at radius 2 is 0.766 bits per heavy atom. The van der Waals surface area contributed by atoms with Crippen LogP contribution in [0.25, 0.3) is 0 Å². The molecule has 8 saturated carbocycles. The first-order chi connectivity index (χ1) is 22.9. The molecule has 2 amide bonds. The molecule has 1 N–H and O–H groups in total. The molecule has 0 radical (unpaired) electrons. The van der Waals surface area contributed by atoms with Crippen LogP contribution in [0.4, 0.5) is 0 Å². The minimum Gasteiger partial charge on any atom is -0.378 e. The average Bonchev–Trinajstić information content (AvgIpc) is 3.00. The van der Waals surface area contributed by atoms with Gasteiger partial charge in [0, 0.05) is 13.1 Å². The molecule has 1 saturated heterocycles. The third-order valence-electron chi connectivity index (χ3n) is 13.5. The first-order valence-electron chi connectivity index (χ1n) is 19.5. The van der Waals surface area contributed by atoms with Crippen LogP contribution in [0.2, 0.25) is 0 Å². The van der Waals surface area contributed by atoms with E-state index in [0.717, 1.165) is 48.6 Å². The predicted octanol–water partition coefficient (Wildman–Crippen LogP) is 4.76. The SMILES string of the molecule is O=C(CC12CC3CC(CC(C3)C1)C2)[N+]1(C(=O)CC23CC4CC(CC(C4)C2)C3)CCOCCOCCNCCOCCOCCOCC1. The molecular formula is C38H63N2O7+. The van der Waals surface area contributed by atoms with Gasteiger partial charge in [-0.3, -0.25) is 0 Å². The number of nitrogens with zero attached hydrogens (tertiary/aromatic N) is 1. The Balaban J connectivity index is 1.09. The molecule has 8 bridgehead atoms. The Hall–Kier alpha value is -0.940. The van der Waals surface area contributed by atoms with Gasteiger partial charge in [0.05, 0.1) is 78.9 Å². The fraction of sp³-hybridized carbons (Fsp3) is 0.947. The van der Waals surface area contributed by atoms with Gasteiger partial charge in [0.25, 0.3) is 0 Å². The van der Waals surface area contributed by atoms with E-state index in [1.165, 1.54) is 77.0 Å². The molecule has 9 fully saturated rings. The van der Waals surface area contributed by atoms with Crippen LogP contribution in [0.1, 0.15) is 89.9 Å². The minimum absolute atomic E-state index is 0.0828.